The SMILES string of the molecule is C=C[B-](F)(F)F.C=Cc1cc2c(N3CCC(C)(OC)CC3)c(C#N)c(=O)[nH]c2cn1.COC1(C)CCN(c2c(C#N)c(=O)[nH]c3cnc(Cl)cc23)CC1.[K+]. The monoisotopic (exact) mass is 790 g/mol. The largest absolute Gasteiger partial charge is 1.00 e. The Hall–Kier alpha value is -3.52. The summed E-state index contributed by atoms with van der Waals surface area (Å²) in [7, 11) is 3.44. The molecule has 0 radical (unpaired) electrons. The van der Waals surface area contributed by atoms with Gasteiger partial charge in [0, 0.05) is 51.2 Å². The van der Waals surface area contributed by atoms with Crippen molar-refractivity contribution < 1.29 is 73.8 Å². The molecule has 280 valence electrons. The molecule has 2 saturated heterocycles. The van der Waals surface area contributed by atoms with Crippen LogP contribution in [0.1, 0.15) is 56.4 Å². The zero-order valence-corrected chi connectivity index (χ0v) is 34.8. The fourth-order valence-electron chi connectivity index (χ4n) is 6.14. The van der Waals surface area contributed by atoms with Crippen molar-refractivity contribution in [2.75, 3.05) is 50.2 Å². The number of pyridine rings is 4. The number of piperidine rings is 2. The first-order valence-electron chi connectivity index (χ1n) is 16.7. The smallest absolute Gasteiger partial charge is 0.445 e. The second kappa shape index (κ2) is 18.9. The Morgan fingerprint density at radius 1 is 0.833 bits per heavy atom. The van der Waals surface area contributed by atoms with E-state index in [2.05, 4.69) is 62.8 Å². The Balaban J connectivity index is 0.000000249. The van der Waals surface area contributed by atoms with E-state index in [0.717, 1.165) is 49.5 Å². The Morgan fingerprint density at radius 2 is 1.22 bits per heavy atom. The zero-order valence-electron chi connectivity index (χ0n) is 30.9. The van der Waals surface area contributed by atoms with E-state index in [-0.39, 0.29) is 85.2 Å². The number of H-pyrrole nitrogens is 2. The number of fused-ring (bicyclic) bond motifs is 2. The van der Waals surface area contributed by atoms with E-state index in [1.54, 1.807) is 32.6 Å². The van der Waals surface area contributed by atoms with Crippen LogP contribution in [-0.2, 0) is 9.47 Å². The predicted molar refractivity (Wildman–Crippen MR) is 202 cm³/mol. The first-order valence-corrected chi connectivity index (χ1v) is 17.1. The van der Waals surface area contributed by atoms with E-state index >= 15 is 0 Å². The van der Waals surface area contributed by atoms with Crippen LogP contribution in [0.25, 0.3) is 27.9 Å². The summed E-state index contributed by atoms with van der Waals surface area (Å²) in [6.45, 7) is 8.58. The summed E-state index contributed by atoms with van der Waals surface area (Å²) < 4.78 is 43.3. The van der Waals surface area contributed by atoms with Gasteiger partial charge in [-0.2, -0.15) is 16.5 Å². The maximum absolute atomic E-state index is 12.3. The van der Waals surface area contributed by atoms with E-state index in [1.165, 1.54) is 6.20 Å². The number of aromatic amines is 2. The van der Waals surface area contributed by atoms with E-state index in [1.807, 2.05) is 12.1 Å². The molecule has 2 fully saturated rings. The fraction of sp³-hybridized carbons (Fsp3) is 0.389. The number of nitrogens with one attached hydrogen (secondary N) is 2. The number of methoxy groups -OCH3 is 2. The molecule has 0 aliphatic carbocycles. The van der Waals surface area contributed by atoms with Crippen LogP contribution >= 0.6 is 11.6 Å². The molecule has 0 saturated carbocycles. The van der Waals surface area contributed by atoms with Crippen LogP contribution in [0, 0.1) is 22.7 Å². The number of nitriles is 2. The number of hydrogen-bond donors (Lipinski definition) is 2. The molecule has 0 bridgehead atoms. The number of nitrogens with zero attached hydrogens (tertiary/aromatic N) is 6. The van der Waals surface area contributed by atoms with Crippen LogP contribution in [0.3, 0.4) is 0 Å². The number of anilines is 2. The summed E-state index contributed by atoms with van der Waals surface area (Å²) in [6.07, 6.45) is 8.10. The summed E-state index contributed by atoms with van der Waals surface area (Å²) in [4.78, 5) is 42.3. The molecular weight excluding hydrogens is 751 g/mol. The third-order valence-electron chi connectivity index (χ3n) is 9.69. The van der Waals surface area contributed by atoms with Crippen molar-refractivity contribution in [1.82, 2.24) is 19.9 Å². The molecule has 6 rings (SSSR count). The van der Waals surface area contributed by atoms with Gasteiger partial charge in [-0.05, 0) is 57.7 Å². The second-order valence-electron chi connectivity index (χ2n) is 13.1. The average Bonchev–Trinajstić information content (AvgIpc) is 3.15. The third-order valence-corrected chi connectivity index (χ3v) is 9.90. The Labute approximate surface area is 358 Å². The van der Waals surface area contributed by atoms with Crippen molar-refractivity contribution in [3.8, 4) is 12.1 Å². The molecule has 54 heavy (non-hydrogen) atoms. The normalized spacial score (nSPS) is 16.0. The van der Waals surface area contributed by atoms with Gasteiger partial charge in [-0.15, -0.1) is 6.58 Å². The fourth-order valence-corrected chi connectivity index (χ4v) is 6.30. The summed E-state index contributed by atoms with van der Waals surface area (Å²) in [5.74, 6) is 0. The first-order chi connectivity index (χ1) is 25.0. The number of ether oxygens (including phenoxy) is 2. The van der Waals surface area contributed by atoms with Gasteiger partial charge in [0.15, 0.2) is 0 Å². The van der Waals surface area contributed by atoms with Crippen molar-refractivity contribution in [2.45, 2.75) is 50.7 Å². The molecule has 18 heteroatoms. The van der Waals surface area contributed by atoms with Crippen LogP contribution < -0.4 is 72.3 Å². The van der Waals surface area contributed by atoms with Gasteiger partial charge in [-0.25, -0.2) is 4.98 Å². The molecule has 0 amide bonds. The van der Waals surface area contributed by atoms with Gasteiger partial charge < -0.3 is 42.2 Å². The maximum atomic E-state index is 12.3. The molecule has 2 aliphatic rings. The van der Waals surface area contributed by atoms with Gasteiger partial charge in [0.2, 0.25) is 0 Å². The van der Waals surface area contributed by atoms with Gasteiger partial charge >= 0.3 is 58.4 Å². The van der Waals surface area contributed by atoms with E-state index in [0.29, 0.717) is 46.3 Å². The van der Waals surface area contributed by atoms with Crippen LogP contribution in [0.2, 0.25) is 5.15 Å². The summed E-state index contributed by atoms with van der Waals surface area (Å²) >= 11 is 6.01. The van der Waals surface area contributed by atoms with Crippen LogP contribution in [-0.4, -0.2) is 78.5 Å². The van der Waals surface area contributed by atoms with Gasteiger partial charge in [0.25, 0.3) is 11.1 Å². The summed E-state index contributed by atoms with van der Waals surface area (Å²) in [6, 6.07) is 7.64. The van der Waals surface area contributed by atoms with Gasteiger partial charge in [-0.1, -0.05) is 18.2 Å². The van der Waals surface area contributed by atoms with Crippen molar-refractivity contribution in [1.29, 1.82) is 10.5 Å². The number of aromatic nitrogens is 4. The molecule has 4 aromatic heterocycles. The van der Waals surface area contributed by atoms with E-state index in [4.69, 9.17) is 21.1 Å². The molecule has 0 aromatic carbocycles. The van der Waals surface area contributed by atoms with Crippen LogP contribution in [0.5, 0.6) is 0 Å². The topological polar surface area (TPSA) is 164 Å². The summed E-state index contributed by atoms with van der Waals surface area (Å²) in [5, 5.41) is 20.8. The minimum atomic E-state index is -4.72. The maximum Gasteiger partial charge on any atom is 1.00 e. The average molecular weight is 791 g/mol. The molecule has 2 aliphatic heterocycles. The van der Waals surface area contributed by atoms with Crippen LogP contribution in [0.4, 0.5) is 24.3 Å². The van der Waals surface area contributed by atoms with Gasteiger partial charge in [-0.3, -0.25) is 14.6 Å². The molecule has 2 N–H and O–H groups in total. The van der Waals surface area contributed by atoms with Crippen molar-refractivity contribution in [3.63, 3.8) is 0 Å². The quantitative estimate of drug-likeness (QED) is 0.219. The number of rotatable bonds is 6. The Kier molecular flexibility index (Phi) is 15.7. The number of halogens is 4. The molecule has 0 spiro atoms. The molecular formula is C36H40BClF3KN8O4. The van der Waals surface area contributed by atoms with Gasteiger partial charge in [0.05, 0.1) is 51.7 Å². The minimum absolute atomic E-state index is 0. The molecule has 0 atom stereocenters. The van der Waals surface area contributed by atoms with Crippen molar-refractivity contribution >= 4 is 57.8 Å². The van der Waals surface area contributed by atoms with Crippen LogP contribution in [0.15, 0.2) is 53.2 Å². The van der Waals surface area contributed by atoms with Crippen molar-refractivity contribution in [2.24, 2.45) is 0 Å². The van der Waals surface area contributed by atoms with Gasteiger partial charge in [0.1, 0.15) is 28.4 Å². The third kappa shape index (κ3) is 10.6. The molecule has 6 heterocycles. The van der Waals surface area contributed by atoms with Crippen molar-refractivity contribution in [3.05, 3.63) is 86.3 Å². The Bertz CT molecular complexity index is 2200. The zero-order chi connectivity index (χ0) is 39.1. The van der Waals surface area contributed by atoms with E-state index < -0.39 is 12.5 Å². The van der Waals surface area contributed by atoms with E-state index in [9.17, 15) is 33.1 Å². The second-order valence-corrected chi connectivity index (χ2v) is 13.5. The summed E-state index contributed by atoms with van der Waals surface area (Å²) in [5.41, 5.74) is 2.37. The number of hydrogen-bond acceptors (Lipinski definition) is 10. The standard InChI is InChI=1S/C18H20N4O2.C16H17ClN4O2.C2H3BF3.K/c1-4-12-9-13-15(11-20-12)21-17(23)14(10-19)16(13)22-7-5-18(2,24-3)6-8-22;1-16(23-2)3-5-21(6-4-16)14-10-7-13(17)19-9-12(10)20-15(22)11(14)8-18;1-2-3(4,5)6;/h4,9,11H,1,5-8H2,2-3H3,(H,21,23);7,9H,3-6H2,1-2H3,(H,20,22);2H,1H2;/q;;-1;+1. The molecule has 4 aromatic rings. The minimum Gasteiger partial charge on any atom is -0.445 e. The molecule has 12 nitrogen and oxygen atoms in total. The molecule has 0 unspecified atom stereocenters. The predicted octanol–water partition coefficient (Wildman–Crippen LogP) is 3.46. The Morgan fingerprint density at radius 3 is 1.57 bits per heavy atom. The first kappa shape index (κ1) is 44.9.